The smallest absolute Gasteiger partial charge is 0.247 e. The fourth-order valence-corrected chi connectivity index (χ4v) is 3.86. The molecule has 1 heterocycles. The molecule has 2 amide bonds. The summed E-state index contributed by atoms with van der Waals surface area (Å²) in [5.74, 6) is -1.24. The number of imide groups is 1. The van der Waals surface area contributed by atoms with E-state index in [0.717, 1.165) is 9.87 Å². The highest BCUT2D eigenvalue weighted by Crippen LogP contribution is 2.27. The molecule has 20 heavy (non-hydrogen) atoms. The first-order chi connectivity index (χ1) is 9.15. The number of carbonyl (C=O) groups is 2. The summed E-state index contributed by atoms with van der Waals surface area (Å²) in [6.45, 7) is 4.36. The van der Waals surface area contributed by atoms with Crippen LogP contribution in [0.5, 0.6) is 0 Å². The van der Waals surface area contributed by atoms with Crippen LogP contribution in [0, 0.1) is 6.92 Å². The molecular weight excluding hydrogens is 280 g/mol. The zero-order chi connectivity index (χ0) is 15.1. The number of amides is 2. The summed E-state index contributed by atoms with van der Waals surface area (Å²) < 4.78 is 26.2. The van der Waals surface area contributed by atoms with Crippen molar-refractivity contribution in [3.63, 3.8) is 0 Å². The lowest BCUT2D eigenvalue weighted by Crippen LogP contribution is -2.65. The number of hydrogen-bond donors (Lipinski definition) is 1. The molecule has 1 aromatic rings. The van der Waals surface area contributed by atoms with Crippen LogP contribution in [0.25, 0.3) is 0 Å². The van der Waals surface area contributed by atoms with Crippen LogP contribution in [0.15, 0.2) is 29.2 Å². The van der Waals surface area contributed by atoms with Crippen LogP contribution >= 0.6 is 0 Å². The number of hydrogen-bond acceptors (Lipinski definition) is 4. The van der Waals surface area contributed by atoms with Crippen LogP contribution in [0.3, 0.4) is 0 Å². The molecule has 1 N–H and O–H groups in total. The largest absolute Gasteiger partial charge is 0.294 e. The van der Waals surface area contributed by atoms with Gasteiger partial charge >= 0.3 is 0 Å². The number of aryl methyl sites for hydroxylation is 1. The van der Waals surface area contributed by atoms with Crippen molar-refractivity contribution in [2.24, 2.45) is 0 Å². The Kier molecular flexibility index (Phi) is 3.43. The highest BCUT2D eigenvalue weighted by molar-refractivity contribution is 7.89. The summed E-state index contributed by atoms with van der Waals surface area (Å²) >= 11 is 0. The highest BCUT2D eigenvalue weighted by Gasteiger charge is 2.47. The number of nitrogens with one attached hydrogen (secondary N) is 1. The molecule has 1 aliphatic rings. The topological polar surface area (TPSA) is 83.6 Å². The molecule has 0 aliphatic carbocycles. The second-order valence-electron chi connectivity index (χ2n) is 5.26. The van der Waals surface area contributed by atoms with Crippen molar-refractivity contribution in [3.8, 4) is 0 Å². The fraction of sp³-hybridized carbons (Fsp3) is 0.385. The van der Waals surface area contributed by atoms with Gasteiger partial charge in [-0.15, -0.1) is 0 Å². The van der Waals surface area contributed by atoms with E-state index in [1.165, 1.54) is 26.0 Å². The molecule has 0 unspecified atom stereocenters. The molecule has 0 spiro atoms. The van der Waals surface area contributed by atoms with Crippen molar-refractivity contribution < 1.29 is 18.0 Å². The first-order valence-corrected chi connectivity index (χ1v) is 7.53. The predicted octanol–water partition coefficient (Wildman–Crippen LogP) is 0.421. The van der Waals surface area contributed by atoms with Crippen LogP contribution in [-0.4, -0.2) is 36.6 Å². The van der Waals surface area contributed by atoms with Crippen LogP contribution in [0.2, 0.25) is 0 Å². The second-order valence-corrected chi connectivity index (χ2v) is 7.13. The molecule has 0 aromatic heterocycles. The van der Waals surface area contributed by atoms with Crippen LogP contribution in [0.4, 0.5) is 0 Å². The summed E-state index contributed by atoms with van der Waals surface area (Å²) in [5.41, 5.74) is -0.520. The minimum atomic E-state index is -3.91. The Morgan fingerprint density at radius 1 is 1.25 bits per heavy atom. The van der Waals surface area contributed by atoms with Gasteiger partial charge in [0.05, 0.1) is 11.4 Å². The summed E-state index contributed by atoms with van der Waals surface area (Å²) in [6, 6.07) is 6.37. The molecule has 0 radical (unpaired) electrons. The van der Waals surface area contributed by atoms with Gasteiger partial charge in [-0.3, -0.25) is 14.9 Å². The van der Waals surface area contributed by atoms with Gasteiger partial charge in [0.1, 0.15) is 5.54 Å². The van der Waals surface area contributed by atoms with E-state index in [1.807, 2.05) is 0 Å². The van der Waals surface area contributed by atoms with Crippen LogP contribution in [-0.2, 0) is 19.6 Å². The summed E-state index contributed by atoms with van der Waals surface area (Å²) in [7, 11) is -3.91. The lowest BCUT2D eigenvalue weighted by Gasteiger charge is -2.38. The fourth-order valence-electron chi connectivity index (χ4n) is 2.05. The third-order valence-corrected chi connectivity index (χ3v) is 5.31. The summed E-state index contributed by atoms with van der Waals surface area (Å²) in [5, 5.41) is 2.15. The minimum absolute atomic E-state index is 0.0769. The standard InChI is InChI=1S/C13H16N2O4S/c1-9-5-4-6-10(7-9)20(18,19)15-8-11(16)14-12(17)13(15,2)3/h4-7H,8H2,1-3H3,(H,14,16,17). The van der Waals surface area contributed by atoms with E-state index in [1.54, 1.807) is 19.1 Å². The van der Waals surface area contributed by atoms with E-state index in [2.05, 4.69) is 5.32 Å². The van der Waals surface area contributed by atoms with Gasteiger partial charge in [-0.25, -0.2) is 8.42 Å². The molecule has 0 saturated carbocycles. The maximum Gasteiger partial charge on any atom is 0.247 e. The average Bonchev–Trinajstić information content (AvgIpc) is 2.34. The highest BCUT2D eigenvalue weighted by atomic mass is 32.2. The molecule has 7 heteroatoms. The monoisotopic (exact) mass is 296 g/mol. The Balaban J connectivity index is 2.52. The Hall–Kier alpha value is -1.73. The van der Waals surface area contributed by atoms with Gasteiger partial charge in [0.25, 0.3) is 0 Å². The number of nitrogens with zero attached hydrogens (tertiary/aromatic N) is 1. The average molecular weight is 296 g/mol. The van der Waals surface area contributed by atoms with Gasteiger partial charge in [0.15, 0.2) is 0 Å². The molecular formula is C13H16N2O4S. The zero-order valence-electron chi connectivity index (χ0n) is 11.5. The molecule has 1 fully saturated rings. The predicted molar refractivity (Wildman–Crippen MR) is 72.3 cm³/mol. The number of rotatable bonds is 2. The first-order valence-electron chi connectivity index (χ1n) is 6.09. The maximum absolute atomic E-state index is 12.6. The minimum Gasteiger partial charge on any atom is -0.294 e. The molecule has 0 bridgehead atoms. The van der Waals surface area contributed by atoms with Crippen molar-refractivity contribution in [2.75, 3.05) is 6.54 Å². The van der Waals surface area contributed by atoms with Crippen molar-refractivity contribution in [1.29, 1.82) is 0 Å². The summed E-state index contributed by atoms with van der Waals surface area (Å²) in [4.78, 5) is 23.4. The molecule has 108 valence electrons. The first kappa shape index (κ1) is 14.7. The van der Waals surface area contributed by atoms with Crippen molar-refractivity contribution in [3.05, 3.63) is 29.8 Å². The van der Waals surface area contributed by atoms with Crippen LogP contribution < -0.4 is 5.32 Å². The van der Waals surface area contributed by atoms with Gasteiger partial charge in [-0.2, -0.15) is 4.31 Å². The number of piperazine rings is 1. The van der Waals surface area contributed by atoms with Gasteiger partial charge in [-0.1, -0.05) is 12.1 Å². The Labute approximate surface area is 117 Å². The SMILES string of the molecule is Cc1cccc(S(=O)(=O)N2CC(=O)NC(=O)C2(C)C)c1. The van der Waals surface area contributed by atoms with Gasteiger partial charge < -0.3 is 0 Å². The zero-order valence-corrected chi connectivity index (χ0v) is 12.3. The molecule has 0 atom stereocenters. The van der Waals surface area contributed by atoms with Gasteiger partial charge in [0, 0.05) is 0 Å². The lowest BCUT2D eigenvalue weighted by molar-refractivity contribution is -0.141. The Morgan fingerprint density at radius 2 is 1.90 bits per heavy atom. The molecule has 2 rings (SSSR count). The van der Waals surface area contributed by atoms with Gasteiger partial charge in [0.2, 0.25) is 21.8 Å². The Morgan fingerprint density at radius 3 is 2.50 bits per heavy atom. The number of carbonyl (C=O) groups excluding carboxylic acids is 2. The molecule has 6 nitrogen and oxygen atoms in total. The molecule has 1 aromatic carbocycles. The van der Waals surface area contributed by atoms with E-state index in [0.29, 0.717) is 0 Å². The van der Waals surface area contributed by atoms with Crippen LogP contribution in [0.1, 0.15) is 19.4 Å². The van der Waals surface area contributed by atoms with Gasteiger partial charge in [-0.05, 0) is 38.5 Å². The number of benzene rings is 1. The van der Waals surface area contributed by atoms with Crippen molar-refractivity contribution in [2.45, 2.75) is 31.2 Å². The van der Waals surface area contributed by atoms with E-state index in [-0.39, 0.29) is 11.4 Å². The lowest BCUT2D eigenvalue weighted by atomic mass is 10.0. The molecule has 1 saturated heterocycles. The second kappa shape index (κ2) is 4.68. The van der Waals surface area contributed by atoms with E-state index < -0.39 is 27.4 Å². The Bertz CT molecular complexity index is 679. The third kappa shape index (κ3) is 2.34. The normalized spacial score (nSPS) is 19.8. The van der Waals surface area contributed by atoms with Crippen molar-refractivity contribution in [1.82, 2.24) is 9.62 Å². The van der Waals surface area contributed by atoms with E-state index >= 15 is 0 Å². The van der Waals surface area contributed by atoms with Crippen molar-refractivity contribution >= 4 is 21.8 Å². The quantitative estimate of drug-likeness (QED) is 0.802. The maximum atomic E-state index is 12.6. The van der Waals surface area contributed by atoms with E-state index in [9.17, 15) is 18.0 Å². The summed E-state index contributed by atoms with van der Waals surface area (Å²) in [6.07, 6.45) is 0. The van der Waals surface area contributed by atoms with E-state index in [4.69, 9.17) is 0 Å². The third-order valence-electron chi connectivity index (χ3n) is 3.30. The number of sulfonamides is 1. The molecule has 1 aliphatic heterocycles.